The van der Waals surface area contributed by atoms with Gasteiger partial charge in [-0.05, 0) is 36.6 Å². The number of likely N-dealkylation sites (tertiary alicyclic amines) is 1. The molecule has 0 unspecified atom stereocenters. The maximum absolute atomic E-state index is 15.2. The van der Waals surface area contributed by atoms with Crippen LogP contribution in [0.5, 0.6) is 0 Å². The number of para-hydroxylation sites is 1. The number of hydrogen-bond donors (Lipinski definition) is 0. The summed E-state index contributed by atoms with van der Waals surface area (Å²) in [5.74, 6) is -1.12. The van der Waals surface area contributed by atoms with Crippen LogP contribution in [0.3, 0.4) is 0 Å². The molecule has 0 amide bonds. The fourth-order valence-corrected chi connectivity index (χ4v) is 5.60. The van der Waals surface area contributed by atoms with Crippen molar-refractivity contribution in [1.82, 2.24) is 29.5 Å². The molecule has 10 heteroatoms. The molecule has 2 aliphatic heterocycles. The van der Waals surface area contributed by atoms with Crippen LogP contribution in [-0.4, -0.2) is 89.2 Å². The van der Waals surface area contributed by atoms with E-state index in [2.05, 4.69) is 15.0 Å². The molecule has 210 valence electrons. The Hall–Kier alpha value is -3.31. The van der Waals surface area contributed by atoms with E-state index in [-0.39, 0.29) is 12.1 Å². The summed E-state index contributed by atoms with van der Waals surface area (Å²) in [6, 6.07) is 8.66. The van der Waals surface area contributed by atoms with Crippen LogP contribution in [0.1, 0.15) is 24.4 Å². The Morgan fingerprint density at radius 3 is 2.50 bits per heavy atom. The van der Waals surface area contributed by atoms with Gasteiger partial charge in [-0.3, -0.25) is 14.6 Å². The van der Waals surface area contributed by atoms with Gasteiger partial charge in [0.25, 0.3) is 0 Å². The Kier molecular flexibility index (Phi) is 8.10. The van der Waals surface area contributed by atoms with E-state index in [0.717, 1.165) is 44.6 Å². The molecule has 4 heterocycles. The average Bonchev–Trinajstić information content (AvgIpc) is 3.48. The van der Waals surface area contributed by atoms with E-state index in [1.807, 2.05) is 40.2 Å². The first-order chi connectivity index (χ1) is 19.6. The number of fused-ring (bicyclic) bond motifs is 1. The molecule has 4 aromatic rings. The zero-order valence-electron chi connectivity index (χ0n) is 22.7. The van der Waals surface area contributed by atoms with Gasteiger partial charge in [-0.25, -0.2) is 13.8 Å². The van der Waals surface area contributed by atoms with Crippen molar-refractivity contribution in [3.05, 3.63) is 66.1 Å². The molecule has 0 radical (unpaired) electrons. The van der Waals surface area contributed by atoms with Gasteiger partial charge in [0.05, 0.1) is 55.0 Å². The molecule has 0 saturated carbocycles. The van der Waals surface area contributed by atoms with Crippen molar-refractivity contribution in [3.63, 3.8) is 0 Å². The van der Waals surface area contributed by atoms with Crippen LogP contribution >= 0.6 is 0 Å². The molecule has 40 heavy (non-hydrogen) atoms. The van der Waals surface area contributed by atoms with Gasteiger partial charge in [0, 0.05) is 69.3 Å². The second kappa shape index (κ2) is 12.1. The van der Waals surface area contributed by atoms with Crippen molar-refractivity contribution < 1.29 is 18.3 Å². The van der Waals surface area contributed by atoms with E-state index < -0.39 is 11.6 Å². The van der Waals surface area contributed by atoms with Crippen LogP contribution in [0.25, 0.3) is 33.4 Å². The number of aromatic nitrogens is 4. The fourth-order valence-electron chi connectivity index (χ4n) is 5.60. The van der Waals surface area contributed by atoms with Crippen molar-refractivity contribution in [1.29, 1.82) is 0 Å². The minimum absolute atomic E-state index is 0.0783. The second-order valence-corrected chi connectivity index (χ2v) is 10.5. The number of morpholine rings is 1. The number of ether oxygens (including phenoxy) is 2. The van der Waals surface area contributed by atoms with Crippen molar-refractivity contribution in [2.45, 2.75) is 25.4 Å². The van der Waals surface area contributed by atoms with Crippen LogP contribution in [0, 0.1) is 11.6 Å². The van der Waals surface area contributed by atoms with Gasteiger partial charge in [-0.1, -0.05) is 12.1 Å². The van der Waals surface area contributed by atoms with E-state index in [9.17, 15) is 0 Å². The molecule has 2 fully saturated rings. The maximum Gasteiger partial charge on any atom is 0.131 e. The van der Waals surface area contributed by atoms with Gasteiger partial charge in [0.15, 0.2) is 0 Å². The molecule has 6 rings (SSSR count). The highest BCUT2D eigenvalue weighted by Gasteiger charge is 2.22. The number of rotatable bonds is 8. The Balaban J connectivity index is 1.25. The molecule has 2 saturated heterocycles. The normalized spacial score (nSPS) is 17.6. The molecule has 0 spiro atoms. The van der Waals surface area contributed by atoms with E-state index in [4.69, 9.17) is 14.5 Å². The first-order valence-corrected chi connectivity index (χ1v) is 13.9. The highest BCUT2D eigenvalue weighted by atomic mass is 19.1. The molecule has 2 aliphatic rings. The number of hydrogen-bond acceptors (Lipinski definition) is 7. The summed E-state index contributed by atoms with van der Waals surface area (Å²) in [6.45, 7) is 6.41. The summed E-state index contributed by atoms with van der Waals surface area (Å²) in [5, 5.41) is 4.64. The minimum atomic E-state index is -0.558. The Labute approximate surface area is 232 Å². The summed E-state index contributed by atoms with van der Waals surface area (Å²) in [6.07, 6.45) is 7.62. The minimum Gasteiger partial charge on any atom is -0.383 e. The van der Waals surface area contributed by atoms with Crippen LogP contribution in [0.4, 0.5) is 8.78 Å². The largest absolute Gasteiger partial charge is 0.383 e. The van der Waals surface area contributed by atoms with E-state index in [1.54, 1.807) is 13.3 Å². The van der Waals surface area contributed by atoms with Crippen molar-refractivity contribution >= 4 is 11.0 Å². The molecule has 2 aromatic carbocycles. The van der Waals surface area contributed by atoms with Gasteiger partial charge in [-0.15, -0.1) is 0 Å². The lowest BCUT2D eigenvalue weighted by Gasteiger charge is -2.31. The van der Waals surface area contributed by atoms with Crippen LogP contribution < -0.4 is 0 Å². The van der Waals surface area contributed by atoms with Crippen LogP contribution in [-0.2, 0) is 16.0 Å². The monoisotopic (exact) mass is 548 g/mol. The third kappa shape index (κ3) is 5.76. The zero-order valence-corrected chi connectivity index (χ0v) is 22.7. The molecular weight excluding hydrogens is 514 g/mol. The summed E-state index contributed by atoms with van der Waals surface area (Å²) in [5.41, 5.74) is 3.95. The topological polar surface area (TPSA) is 68.5 Å². The lowest BCUT2D eigenvalue weighted by atomic mass is 10.0. The van der Waals surface area contributed by atoms with Crippen molar-refractivity contribution in [2.24, 2.45) is 0 Å². The van der Waals surface area contributed by atoms with Crippen molar-refractivity contribution in [2.75, 3.05) is 59.7 Å². The quantitative estimate of drug-likeness (QED) is 0.320. The Bertz CT molecular complexity index is 1440. The van der Waals surface area contributed by atoms with Crippen LogP contribution in [0.15, 0.2) is 48.9 Å². The predicted octanol–water partition coefficient (Wildman–Crippen LogP) is 4.55. The van der Waals surface area contributed by atoms with E-state index in [1.165, 1.54) is 12.1 Å². The number of nitrogens with zero attached hydrogens (tertiary/aromatic N) is 6. The fraction of sp³-hybridized carbons (Fsp3) is 0.433. The molecule has 8 nitrogen and oxygen atoms in total. The molecule has 0 atom stereocenters. The highest BCUT2D eigenvalue weighted by molar-refractivity contribution is 5.92. The summed E-state index contributed by atoms with van der Waals surface area (Å²) < 4.78 is 43.0. The number of halogens is 2. The van der Waals surface area contributed by atoms with E-state index >= 15 is 8.78 Å². The molecular formula is C30H34F2N6O2. The standard InChI is InChI=1S/C30H34F2N6O2/c1-39-12-9-36-7-5-23(6-8-36)38-19-22(17-34-38)29-18-33-28-4-2-3-24(30(28)35-29)21-15-26(31)25(27(32)16-21)20-37-10-13-40-14-11-37/h2-4,15-19,23H,5-14,20H2,1H3. The first-order valence-electron chi connectivity index (χ1n) is 13.9. The first kappa shape index (κ1) is 26.9. The molecule has 0 N–H and O–H groups in total. The maximum atomic E-state index is 15.2. The SMILES string of the molecule is COCCN1CCC(n2cc(-c3cnc4cccc(-c5cc(F)c(CN6CCOCC6)c(F)c5)c4n3)cn2)CC1. The lowest BCUT2D eigenvalue weighted by molar-refractivity contribution is 0.0332. The lowest BCUT2D eigenvalue weighted by Crippen LogP contribution is -2.36. The summed E-state index contributed by atoms with van der Waals surface area (Å²) in [7, 11) is 1.73. The van der Waals surface area contributed by atoms with Gasteiger partial charge >= 0.3 is 0 Å². The smallest absolute Gasteiger partial charge is 0.131 e. The third-order valence-electron chi connectivity index (χ3n) is 7.95. The van der Waals surface area contributed by atoms with Gasteiger partial charge in [0.2, 0.25) is 0 Å². The summed E-state index contributed by atoms with van der Waals surface area (Å²) >= 11 is 0. The zero-order chi connectivity index (χ0) is 27.5. The third-order valence-corrected chi connectivity index (χ3v) is 7.95. The number of benzene rings is 2. The van der Waals surface area contributed by atoms with Crippen LogP contribution in [0.2, 0.25) is 0 Å². The van der Waals surface area contributed by atoms with E-state index in [0.29, 0.717) is 60.2 Å². The predicted molar refractivity (Wildman–Crippen MR) is 149 cm³/mol. The highest BCUT2D eigenvalue weighted by Crippen LogP contribution is 2.32. The molecule has 0 bridgehead atoms. The van der Waals surface area contributed by atoms with Gasteiger partial charge < -0.3 is 14.4 Å². The van der Waals surface area contributed by atoms with Crippen molar-refractivity contribution in [3.8, 4) is 22.4 Å². The Morgan fingerprint density at radius 1 is 0.975 bits per heavy atom. The number of piperidine rings is 1. The Morgan fingerprint density at radius 2 is 1.75 bits per heavy atom. The number of methoxy groups -OCH3 is 1. The molecule has 2 aromatic heterocycles. The second-order valence-electron chi connectivity index (χ2n) is 10.5. The molecule has 0 aliphatic carbocycles. The summed E-state index contributed by atoms with van der Waals surface area (Å²) in [4.78, 5) is 13.9. The van der Waals surface area contributed by atoms with Gasteiger partial charge in [-0.2, -0.15) is 5.10 Å². The van der Waals surface area contributed by atoms with Gasteiger partial charge in [0.1, 0.15) is 11.6 Å². The average molecular weight is 549 g/mol.